The SMILES string of the molecule is CCOc1ccc(C(N)=O)c(-c2ccc(C(F)(F)F)nc2)c1CN1CCOCC1. The highest BCUT2D eigenvalue weighted by Gasteiger charge is 2.32. The number of morpholine rings is 1. The summed E-state index contributed by atoms with van der Waals surface area (Å²) in [7, 11) is 0. The van der Waals surface area contributed by atoms with Gasteiger partial charge in [0.2, 0.25) is 5.91 Å². The van der Waals surface area contributed by atoms with Crippen molar-refractivity contribution in [2.45, 2.75) is 19.6 Å². The van der Waals surface area contributed by atoms with Crippen LogP contribution < -0.4 is 10.5 Å². The number of nitrogens with two attached hydrogens (primary N) is 1. The maximum Gasteiger partial charge on any atom is 0.433 e. The van der Waals surface area contributed by atoms with E-state index < -0.39 is 17.8 Å². The molecule has 2 aromatic rings. The molecule has 0 aliphatic carbocycles. The molecule has 156 valence electrons. The lowest BCUT2D eigenvalue weighted by Gasteiger charge is -2.29. The zero-order chi connectivity index (χ0) is 21.0. The van der Waals surface area contributed by atoms with Crippen molar-refractivity contribution in [2.75, 3.05) is 32.9 Å². The molecule has 2 N–H and O–H groups in total. The predicted octanol–water partition coefficient (Wildman–Crippen LogP) is 3.10. The molecule has 29 heavy (non-hydrogen) atoms. The molecule has 2 heterocycles. The average Bonchev–Trinajstić information content (AvgIpc) is 2.69. The van der Waals surface area contributed by atoms with Gasteiger partial charge >= 0.3 is 6.18 Å². The summed E-state index contributed by atoms with van der Waals surface area (Å²) in [6, 6.07) is 5.39. The van der Waals surface area contributed by atoms with Crippen LogP contribution in [0.1, 0.15) is 28.5 Å². The van der Waals surface area contributed by atoms with Crippen LogP contribution in [0.15, 0.2) is 30.5 Å². The van der Waals surface area contributed by atoms with Gasteiger partial charge in [-0.2, -0.15) is 13.2 Å². The molecule has 9 heteroatoms. The summed E-state index contributed by atoms with van der Waals surface area (Å²) in [6.07, 6.45) is -3.43. The van der Waals surface area contributed by atoms with Gasteiger partial charge in [-0.15, -0.1) is 0 Å². The third-order valence-electron chi connectivity index (χ3n) is 4.66. The predicted molar refractivity (Wildman–Crippen MR) is 100 cm³/mol. The molecule has 6 nitrogen and oxygen atoms in total. The van der Waals surface area contributed by atoms with E-state index >= 15 is 0 Å². The first-order valence-electron chi connectivity index (χ1n) is 9.23. The third kappa shape index (κ3) is 4.86. The van der Waals surface area contributed by atoms with E-state index in [1.165, 1.54) is 12.1 Å². The Bertz CT molecular complexity index is 864. The minimum atomic E-state index is -4.55. The van der Waals surface area contributed by atoms with Crippen LogP contribution in [-0.4, -0.2) is 48.7 Å². The highest BCUT2D eigenvalue weighted by molar-refractivity contribution is 6.01. The maximum atomic E-state index is 12.9. The number of ether oxygens (including phenoxy) is 2. The summed E-state index contributed by atoms with van der Waals surface area (Å²) in [5, 5.41) is 0. The first kappa shape index (κ1) is 21.1. The average molecular weight is 409 g/mol. The zero-order valence-electron chi connectivity index (χ0n) is 16.0. The fourth-order valence-corrected chi connectivity index (χ4v) is 3.30. The number of nitrogens with zero attached hydrogens (tertiary/aromatic N) is 2. The number of benzene rings is 1. The van der Waals surface area contributed by atoms with Crippen molar-refractivity contribution in [1.82, 2.24) is 9.88 Å². The van der Waals surface area contributed by atoms with Crippen molar-refractivity contribution in [1.29, 1.82) is 0 Å². The fourth-order valence-electron chi connectivity index (χ4n) is 3.30. The number of alkyl halides is 3. The molecule has 1 aliphatic heterocycles. The van der Waals surface area contributed by atoms with Gasteiger partial charge in [-0.25, -0.2) is 0 Å². The summed E-state index contributed by atoms with van der Waals surface area (Å²) >= 11 is 0. The van der Waals surface area contributed by atoms with E-state index in [1.807, 2.05) is 6.92 Å². The lowest BCUT2D eigenvalue weighted by Crippen LogP contribution is -2.36. The molecule has 1 fully saturated rings. The monoisotopic (exact) mass is 409 g/mol. The quantitative estimate of drug-likeness (QED) is 0.793. The summed E-state index contributed by atoms with van der Waals surface area (Å²) in [5.41, 5.74) is 6.27. The van der Waals surface area contributed by atoms with Crippen molar-refractivity contribution in [3.05, 3.63) is 47.3 Å². The number of pyridine rings is 1. The Morgan fingerprint density at radius 3 is 2.52 bits per heavy atom. The van der Waals surface area contributed by atoms with Crippen molar-refractivity contribution in [2.24, 2.45) is 5.73 Å². The molecule has 0 radical (unpaired) electrons. The van der Waals surface area contributed by atoms with Gasteiger partial charge in [0, 0.05) is 48.1 Å². The second kappa shape index (κ2) is 8.79. The molecule has 1 saturated heterocycles. The van der Waals surface area contributed by atoms with Gasteiger partial charge in [0.25, 0.3) is 0 Å². The van der Waals surface area contributed by atoms with Crippen molar-refractivity contribution < 1.29 is 27.4 Å². The van der Waals surface area contributed by atoms with Crippen LogP contribution in [0.4, 0.5) is 13.2 Å². The zero-order valence-corrected chi connectivity index (χ0v) is 16.0. The Balaban J connectivity index is 2.13. The third-order valence-corrected chi connectivity index (χ3v) is 4.66. The van der Waals surface area contributed by atoms with Crippen LogP contribution in [0.2, 0.25) is 0 Å². The number of hydrogen-bond acceptors (Lipinski definition) is 5. The first-order valence-corrected chi connectivity index (χ1v) is 9.23. The largest absolute Gasteiger partial charge is 0.494 e. The molecule has 1 amide bonds. The number of carbonyl (C=O) groups is 1. The van der Waals surface area contributed by atoms with Crippen molar-refractivity contribution >= 4 is 5.91 Å². The number of amides is 1. The number of aromatic nitrogens is 1. The fraction of sp³-hybridized carbons (Fsp3) is 0.400. The van der Waals surface area contributed by atoms with E-state index in [0.717, 1.165) is 12.3 Å². The normalized spacial score (nSPS) is 15.3. The number of hydrogen-bond donors (Lipinski definition) is 1. The smallest absolute Gasteiger partial charge is 0.433 e. The standard InChI is InChI=1S/C20H22F3N3O3/c1-2-29-16-5-4-14(19(24)27)18(15(16)12-26-7-9-28-10-8-26)13-3-6-17(25-11-13)20(21,22)23/h3-6,11H,2,7-10,12H2,1H3,(H2,24,27). The minimum absolute atomic E-state index is 0.207. The Morgan fingerprint density at radius 1 is 1.24 bits per heavy atom. The summed E-state index contributed by atoms with van der Waals surface area (Å²) in [6.45, 7) is 5.22. The van der Waals surface area contributed by atoms with E-state index in [9.17, 15) is 18.0 Å². The Morgan fingerprint density at radius 2 is 1.97 bits per heavy atom. The molecular formula is C20H22F3N3O3. The second-order valence-corrected chi connectivity index (χ2v) is 6.58. The van der Waals surface area contributed by atoms with Crippen LogP contribution >= 0.6 is 0 Å². The topological polar surface area (TPSA) is 77.7 Å². The molecule has 1 aliphatic rings. The van der Waals surface area contributed by atoms with Gasteiger partial charge in [0.05, 0.1) is 19.8 Å². The maximum absolute atomic E-state index is 12.9. The minimum Gasteiger partial charge on any atom is -0.494 e. The Hall–Kier alpha value is -2.65. The van der Waals surface area contributed by atoms with Crippen LogP contribution in [0.5, 0.6) is 5.75 Å². The number of halogens is 3. The lowest BCUT2D eigenvalue weighted by atomic mass is 9.93. The molecule has 0 saturated carbocycles. The Labute approximate surface area is 166 Å². The highest BCUT2D eigenvalue weighted by atomic mass is 19.4. The van der Waals surface area contributed by atoms with Crippen molar-refractivity contribution in [3.8, 4) is 16.9 Å². The van der Waals surface area contributed by atoms with E-state index in [4.69, 9.17) is 15.2 Å². The molecule has 1 aromatic heterocycles. The second-order valence-electron chi connectivity index (χ2n) is 6.58. The van der Waals surface area contributed by atoms with Gasteiger partial charge in [-0.05, 0) is 25.1 Å². The summed E-state index contributed by atoms with van der Waals surface area (Å²) in [5.74, 6) is -0.120. The van der Waals surface area contributed by atoms with Crippen molar-refractivity contribution in [3.63, 3.8) is 0 Å². The summed E-state index contributed by atoms with van der Waals surface area (Å²) in [4.78, 5) is 17.8. The van der Waals surface area contributed by atoms with Gasteiger partial charge in [-0.3, -0.25) is 14.7 Å². The summed E-state index contributed by atoms with van der Waals surface area (Å²) < 4.78 is 49.8. The molecule has 1 aromatic carbocycles. The Kier molecular flexibility index (Phi) is 6.39. The molecular weight excluding hydrogens is 387 g/mol. The van der Waals surface area contributed by atoms with Gasteiger partial charge in [0.1, 0.15) is 11.4 Å². The molecule has 0 atom stereocenters. The van der Waals surface area contributed by atoms with E-state index in [1.54, 1.807) is 6.07 Å². The lowest BCUT2D eigenvalue weighted by molar-refractivity contribution is -0.141. The van der Waals surface area contributed by atoms with Crippen LogP contribution in [0.3, 0.4) is 0 Å². The number of rotatable bonds is 6. The van der Waals surface area contributed by atoms with Crippen LogP contribution in [0.25, 0.3) is 11.1 Å². The van der Waals surface area contributed by atoms with Crippen LogP contribution in [-0.2, 0) is 17.5 Å². The van der Waals surface area contributed by atoms with E-state index in [0.29, 0.717) is 61.9 Å². The van der Waals surface area contributed by atoms with E-state index in [2.05, 4.69) is 9.88 Å². The molecule has 0 spiro atoms. The van der Waals surface area contributed by atoms with Gasteiger partial charge in [-0.1, -0.05) is 6.07 Å². The van der Waals surface area contributed by atoms with E-state index in [-0.39, 0.29) is 5.56 Å². The highest BCUT2D eigenvalue weighted by Crippen LogP contribution is 2.36. The molecule has 0 unspecified atom stereocenters. The number of primary amides is 1. The first-order chi connectivity index (χ1) is 13.8. The van der Waals surface area contributed by atoms with Crippen LogP contribution in [0, 0.1) is 0 Å². The number of carbonyl (C=O) groups excluding carboxylic acids is 1. The molecule has 0 bridgehead atoms. The molecule has 3 rings (SSSR count). The van der Waals surface area contributed by atoms with Gasteiger partial charge in [0.15, 0.2) is 0 Å². The van der Waals surface area contributed by atoms with Gasteiger partial charge < -0.3 is 15.2 Å².